The van der Waals surface area contributed by atoms with Crippen molar-refractivity contribution in [3.8, 4) is 0 Å². The van der Waals surface area contributed by atoms with Gasteiger partial charge in [-0.15, -0.1) is 0 Å². The van der Waals surface area contributed by atoms with Gasteiger partial charge in [-0.3, -0.25) is 4.79 Å². The van der Waals surface area contributed by atoms with Crippen LogP contribution in [0.5, 0.6) is 0 Å². The van der Waals surface area contributed by atoms with Crippen molar-refractivity contribution in [2.75, 3.05) is 11.9 Å². The average molecular weight is 348 g/mol. The molecule has 0 fully saturated rings. The first kappa shape index (κ1) is 17.6. The molecule has 1 N–H and O–H groups in total. The third kappa shape index (κ3) is 3.88. The summed E-state index contributed by atoms with van der Waals surface area (Å²) in [4.78, 5) is 28.6. The van der Waals surface area contributed by atoms with Gasteiger partial charge in [-0.05, 0) is 29.0 Å². The Balaban J connectivity index is 1.67. The van der Waals surface area contributed by atoms with Crippen LogP contribution in [-0.2, 0) is 9.53 Å². The Kier molecular flexibility index (Phi) is 5.27. The number of esters is 1. The number of carbonyl (C=O) groups excluding carboxylic acids is 2. The Labute approximate surface area is 152 Å². The second-order valence-electron chi connectivity index (χ2n) is 6.25. The number of nitrogens with zero attached hydrogens (tertiary/aromatic N) is 1. The van der Waals surface area contributed by atoms with Crippen LogP contribution in [0.25, 0.3) is 10.8 Å². The lowest BCUT2D eigenvalue weighted by Crippen LogP contribution is -2.22. The Morgan fingerprint density at radius 1 is 1.04 bits per heavy atom. The largest absolute Gasteiger partial charge is 0.451 e. The third-order valence-electron chi connectivity index (χ3n) is 4.06. The van der Waals surface area contributed by atoms with Gasteiger partial charge in [-0.2, -0.15) is 0 Å². The molecule has 0 saturated heterocycles. The second kappa shape index (κ2) is 7.78. The lowest BCUT2D eigenvalue weighted by atomic mass is 10.0. The van der Waals surface area contributed by atoms with Crippen molar-refractivity contribution in [3.05, 3.63) is 72.1 Å². The first-order valence-corrected chi connectivity index (χ1v) is 8.46. The number of amides is 1. The topological polar surface area (TPSA) is 68.3 Å². The molecule has 0 bridgehead atoms. The summed E-state index contributed by atoms with van der Waals surface area (Å²) in [5.41, 5.74) is 1.97. The molecule has 26 heavy (non-hydrogen) atoms. The van der Waals surface area contributed by atoms with Crippen molar-refractivity contribution < 1.29 is 14.3 Å². The summed E-state index contributed by atoms with van der Waals surface area (Å²) in [6.45, 7) is 3.74. The zero-order valence-electron chi connectivity index (χ0n) is 14.7. The fourth-order valence-electron chi connectivity index (χ4n) is 2.78. The maximum atomic E-state index is 12.3. The van der Waals surface area contributed by atoms with Crippen LogP contribution in [0.4, 0.5) is 5.69 Å². The van der Waals surface area contributed by atoms with Gasteiger partial charge in [0, 0.05) is 17.3 Å². The summed E-state index contributed by atoms with van der Waals surface area (Å²) in [6.07, 6.45) is 1.55. The van der Waals surface area contributed by atoms with Gasteiger partial charge in [-0.1, -0.05) is 56.3 Å². The highest BCUT2D eigenvalue weighted by Gasteiger charge is 2.15. The van der Waals surface area contributed by atoms with E-state index in [4.69, 9.17) is 4.74 Å². The molecule has 1 aromatic heterocycles. The fourth-order valence-corrected chi connectivity index (χ4v) is 2.78. The van der Waals surface area contributed by atoms with E-state index in [1.54, 1.807) is 12.3 Å². The van der Waals surface area contributed by atoms with Gasteiger partial charge in [0.25, 0.3) is 5.91 Å². The number of fused-ring (bicyclic) bond motifs is 1. The number of para-hydroxylation sites is 1. The number of carbonyl (C=O) groups is 2. The molecule has 0 radical (unpaired) electrons. The van der Waals surface area contributed by atoms with Crippen LogP contribution in [0.15, 0.2) is 60.8 Å². The zero-order valence-corrected chi connectivity index (χ0v) is 14.7. The first-order chi connectivity index (χ1) is 12.6. The number of benzene rings is 2. The molecule has 5 nitrogen and oxygen atoms in total. The monoisotopic (exact) mass is 348 g/mol. The van der Waals surface area contributed by atoms with E-state index in [9.17, 15) is 9.59 Å². The number of rotatable bonds is 5. The Morgan fingerprint density at radius 3 is 2.58 bits per heavy atom. The summed E-state index contributed by atoms with van der Waals surface area (Å²) in [5, 5.41) is 4.39. The molecular weight excluding hydrogens is 328 g/mol. The van der Waals surface area contributed by atoms with Crippen molar-refractivity contribution in [3.63, 3.8) is 0 Å². The smallest absolute Gasteiger partial charge is 0.358 e. The van der Waals surface area contributed by atoms with Crippen molar-refractivity contribution in [1.82, 2.24) is 4.98 Å². The molecule has 0 aliphatic rings. The van der Waals surface area contributed by atoms with Crippen molar-refractivity contribution in [2.45, 2.75) is 19.8 Å². The normalized spacial score (nSPS) is 10.7. The minimum absolute atomic E-state index is 0.207. The SMILES string of the molecule is CC(C)c1ccccc1NC(=O)COC(=O)c1nccc2ccccc12. The van der Waals surface area contributed by atoms with E-state index in [1.807, 2.05) is 48.5 Å². The minimum atomic E-state index is -0.617. The van der Waals surface area contributed by atoms with E-state index in [0.29, 0.717) is 5.39 Å². The number of hydrogen-bond donors (Lipinski definition) is 1. The molecule has 3 rings (SSSR count). The summed E-state index contributed by atoms with van der Waals surface area (Å²) in [6, 6.07) is 16.8. The van der Waals surface area contributed by atoms with Gasteiger partial charge >= 0.3 is 5.97 Å². The molecular formula is C21H20N2O3. The Bertz CT molecular complexity index is 945. The number of anilines is 1. The molecule has 0 unspecified atom stereocenters. The molecule has 0 spiro atoms. The Morgan fingerprint density at radius 2 is 1.77 bits per heavy atom. The van der Waals surface area contributed by atoms with Gasteiger partial charge in [-0.25, -0.2) is 9.78 Å². The molecule has 0 atom stereocenters. The molecule has 2 aromatic carbocycles. The van der Waals surface area contributed by atoms with Crippen LogP contribution >= 0.6 is 0 Å². The highest BCUT2D eigenvalue weighted by molar-refractivity contribution is 6.03. The molecule has 0 saturated carbocycles. The van der Waals surface area contributed by atoms with Crippen molar-refractivity contribution in [1.29, 1.82) is 0 Å². The highest BCUT2D eigenvalue weighted by atomic mass is 16.5. The standard InChI is InChI=1S/C21H20N2O3/c1-14(2)16-8-5-6-10-18(16)23-19(24)13-26-21(25)20-17-9-4-3-7-15(17)11-12-22-20/h3-12,14H,13H2,1-2H3,(H,23,24). The summed E-state index contributed by atoms with van der Waals surface area (Å²) in [7, 11) is 0. The lowest BCUT2D eigenvalue weighted by Gasteiger charge is -2.13. The maximum absolute atomic E-state index is 12.3. The van der Waals surface area contributed by atoms with Crippen molar-refractivity contribution in [2.24, 2.45) is 0 Å². The van der Waals surface area contributed by atoms with E-state index in [2.05, 4.69) is 24.1 Å². The van der Waals surface area contributed by atoms with Crippen LogP contribution in [0, 0.1) is 0 Å². The first-order valence-electron chi connectivity index (χ1n) is 8.46. The van der Waals surface area contributed by atoms with E-state index in [0.717, 1.165) is 16.6 Å². The maximum Gasteiger partial charge on any atom is 0.358 e. The molecule has 132 valence electrons. The van der Waals surface area contributed by atoms with Gasteiger partial charge in [0.1, 0.15) is 0 Å². The quantitative estimate of drug-likeness (QED) is 0.703. The van der Waals surface area contributed by atoms with E-state index < -0.39 is 5.97 Å². The third-order valence-corrected chi connectivity index (χ3v) is 4.06. The summed E-state index contributed by atoms with van der Waals surface area (Å²) < 4.78 is 5.16. The predicted molar refractivity (Wildman–Crippen MR) is 101 cm³/mol. The molecule has 0 aliphatic carbocycles. The average Bonchev–Trinajstić information content (AvgIpc) is 2.66. The van der Waals surface area contributed by atoms with E-state index in [1.165, 1.54) is 0 Å². The van der Waals surface area contributed by atoms with Crippen LogP contribution in [0.2, 0.25) is 0 Å². The van der Waals surface area contributed by atoms with E-state index >= 15 is 0 Å². The second-order valence-corrected chi connectivity index (χ2v) is 6.25. The molecule has 3 aromatic rings. The van der Waals surface area contributed by atoms with Gasteiger partial charge in [0.05, 0.1) is 0 Å². The number of ether oxygens (including phenoxy) is 1. The molecule has 0 aliphatic heterocycles. The van der Waals surface area contributed by atoms with Gasteiger partial charge in [0.2, 0.25) is 0 Å². The van der Waals surface area contributed by atoms with Crippen LogP contribution in [0.3, 0.4) is 0 Å². The fraction of sp³-hybridized carbons (Fsp3) is 0.190. The minimum Gasteiger partial charge on any atom is -0.451 e. The van der Waals surface area contributed by atoms with Crippen molar-refractivity contribution >= 4 is 28.3 Å². The molecule has 1 amide bonds. The summed E-state index contributed by atoms with van der Waals surface area (Å²) >= 11 is 0. The zero-order chi connectivity index (χ0) is 18.5. The number of pyridine rings is 1. The predicted octanol–water partition coefficient (Wildman–Crippen LogP) is 4.15. The van der Waals surface area contributed by atoms with Crippen LogP contribution in [0.1, 0.15) is 35.8 Å². The number of aromatic nitrogens is 1. The van der Waals surface area contributed by atoms with Crippen LogP contribution < -0.4 is 5.32 Å². The molecule has 5 heteroatoms. The van der Waals surface area contributed by atoms with Gasteiger partial charge in [0.15, 0.2) is 12.3 Å². The highest BCUT2D eigenvalue weighted by Crippen LogP contribution is 2.23. The Hall–Kier alpha value is -3.21. The summed E-state index contributed by atoms with van der Waals surface area (Å²) in [5.74, 6) is -0.727. The van der Waals surface area contributed by atoms with E-state index in [-0.39, 0.29) is 24.1 Å². The number of hydrogen-bond acceptors (Lipinski definition) is 4. The molecule has 1 heterocycles. The van der Waals surface area contributed by atoms with Gasteiger partial charge < -0.3 is 10.1 Å². The number of nitrogens with one attached hydrogen (secondary N) is 1. The lowest BCUT2D eigenvalue weighted by molar-refractivity contribution is -0.119. The van der Waals surface area contributed by atoms with Crippen LogP contribution in [-0.4, -0.2) is 23.5 Å².